The van der Waals surface area contributed by atoms with E-state index in [0.717, 1.165) is 11.1 Å². The summed E-state index contributed by atoms with van der Waals surface area (Å²) in [6.07, 6.45) is -5.03. The van der Waals surface area contributed by atoms with E-state index in [2.05, 4.69) is 15.3 Å². The first-order chi connectivity index (χ1) is 19.9. The lowest BCUT2D eigenvalue weighted by Crippen LogP contribution is -2.41. The number of carbonyl (C=O) groups is 1. The maximum atomic E-state index is 14.2. The highest BCUT2D eigenvalue weighted by atomic mass is 19.4. The van der Waals surface area contributed by atoms with Crippen LogP contribution in [0.25, 0.3) is 11.1 Å². The lowest BCUT2D eigenvalue weighted by atomic mass is 9.76. The Morgan fingerprint density at radius 1 is 1.07 bits per heavy atom. The van der Waals surface area contributed by atoms with Gasteiger partial charge in [0.2, 0.25) is 17.9 Å². The standard InChI is InChI=1S/C30H34F3N5O4/c1-18(2)41-22-5-3-4-21(14-22)19-6-8-20(9-7-19)26(30(31,32)33)42-25-15-24(36-28(34)37-25)38-12-10-29(11-13-38)16-23(27(39)40)35-17-29/h3-9,14-15,18,23,26,35H,10-13,16-17H2,1-2H3,(H,39,40)(H2,34,36,37)/t23-,26+/m0/s1. The average Bonchev–Trinajstić information content (AvgIpc) is 3.35. The summed E-state index contributed by atoms with van der Waals surface area (Å²) in [4.78, 5) is 21.5. The number of aliphatic carboxylic acids is 1. The lowest BCUT2D eigenvalue weighted by Gasteiger charge is -2.39. The number of halogens is 3. The van der Waals surface area contributed by atoms with Crippen LogP contribution in [0, 0.1) is 5.41 Å². The molecule has 42 heavy (non-hydrogen) atoms. The molecule has 224 valence electrons. The molecule has 0 unspecified atom stereocenters. The SMILES string of the molecule is CC(C)Oc1cccc(-c2ccc([C@@H](Oc3cc(N4CCC5(CC4)CN[C@H](C(=O)O)C5)nc(N)n3)C(F)(F)F)cc2)c1. The highest BCUT2D eigenvalue weighted by Gasteiger charge is 2.45. The van der Waals surface area contributed by atoms with E-state index in [1.54, 1.807) is 12.1 Å². The van der Waals surface area contributed by atoms with Gasteiger partial charge in [0.1, 0.15) is 17.6 Å². The molecule has 5 rings (SSSR count). The normalized spacial score (nSPS) is 19.2. The molecule has 0 saturated carbocycles. The minimum absolute atomic E-state index is 0.00797. The third-order valence-corrected chi connectivity index (χ3v) is 7.80. The van der Waals surface area contributed by atoms with Crippen molar-refractivity contribution < 1.29 is 32.5 Å². The van der Waals surface area contributed by atoms with Crippen LogP contribution >= 0.6 is 0 Å². The van der Waals surface area contributed by atoms with Gasteiger partial charge in [0, 0.05) is 31.3 Å². The van der Waals surface area contributed by atoms with Gasteiger partial charge in [-0.05, 0) is 61.8 Å². The van der Waals surface area contributed by atoms with Gasteiger partial charge in [-0.2, -0.15) is 23.1 Å². The predicted molar refractivity (Wildman–Crippen MR) is 151 cm³/mol. The topological polar surface area (TPSA) is 123 Å². The van der Waals surface area contributed by atoms with Crippen molar-refractivity contribution >= 4 is 17.7 Å². The second kappa shape index (κ2) is 11.7. The molecule has 2 aliphatic rings. The number of hydrogen-bond acceptors (Lipinski definition) is 8. The second-order valence-electron chi connectivity index (χ2n) is 11.2. The Balaban J connectivity index is 1.31. The van der Waals surface area contributed by atoms with E-state index in [4.69, 9.17) is 15.2 Å². The fourth-order valence-corrected chi connectivity index (χ4v) is 5.65. The molecule has 12 heteroatoms. The maximum absolute atomic E-state index is 14.2. The number of rotatable bonds is 8. The molecule has 0 amide bonds. The van der Waals surface area contributed by atoms with Crippen LogP contribution < -0.4 is 25.4 Å². The Morgan fingerprint density at radius 3 is 2.40 bits per heavy atom. The van der Waals surface area contributed by atoms with Gasteiger partial charge in [-0.3, -0.25) is 4.79 Å². The number of nitrogens with one attached hydrogen (secondary N) is 1. The van der Waals surface area contributed by atoms with E-state index in [1.165, 1.54) is 18.2 Å². The first-order valence-corrected chi connectivity index (χ1v) is 13.9. The van der Waals surface area contributed by atoms with Crippen LogP contribution in [-0.2, 0) is 4.79 Å². The monoisotopic (exact) mass is 585 g/mol. The number of nitrogens with two attached hydrogens (primary N) is 1. The minimum Gasteiger partial charge on any atom is -0.491 e. The average molecular weight is 586 g/mol. The zero-order valence-corrected chi connectivity index (χ0v) is 23.4. The van der Waals surface area contributed by atoms with E-state index in [-0.39, 0.29) is 28.9 Å². The van der Waals surface area contributed by atoms with Crippen LogP contribution in [0.2, 0.25) is 0 Å². The smallest absolute Gasteiger partial charge is 0.429 e. The third-order valence-electron chi connectivity index (χ3n) is 7.80. The molecule has 0 aliphatic carbocycles. The third kappa shape index (κ3) is 6.70. The number of alkyl halides is 3. The van der Waals surface area contributed by atoms with Crippen molar-refractivity contribution in [2.75, 3.05) is 30.3 Å². The van der Waals surface area contributed by atoms with Gasteiger partial charge in [-0.1, -0.05) is 36.4 Å². The number of anilines is 2. The molecule has 2 fully saturated rings. The second-order valence-corrected chi connectivity index (χ2v) is 11.2. The van der Waals surface area contributed by atoms with E-state index in [1.807, 2.05) is 43.0 Å². The molecular weight excluding hydrogens is 551 g/mol. The molecule has 2 atom stereocenters. The molecule has 3 aromatic rings. The summed E-state index contributed by atoms with van der Waals surface area (Å²) in [7, 11) is 0. The Bertz CT molecular complexity index is 1410. The van der Waals surface area contributed by atoms with Gasteiger partial charge < -0.3 is 30.5 Å². The number of piperidine rings is 1. The molecule has 1 spiro atoms. The largest absolute Gasteiger partial charge is 0.491 e. The van der Waals surface area contributed by atoms with Crippen molar-refractivity contribution in [3.05, 3.63) is 60.2 Å². The molecule has 3 heterocycles. The Labute approximate surface area is 241 Å². The Morgan fingerprint density at radius 2 is 1.79 bits per heavy atom. The van der Waals surface area contributed by atoms with Crippen LogP contribution in [0.1, 0.15) is 44.8 Å². The first kappa shape index (κ1) is 29.4. The number of carboxylic acids is 1. The van der Waals surface area contributed by atoms with Crippen LogP contribution in [0.5, 0.6) is 11.6 Å². The summed E-state index contributed by atoms with van der Waals surface area (Å²) >= 11 is 0. The van der Waals surface area contributed by atoms with Crippen molar-refractivity contribution in [1.29, 1.82) is 0 Å². The number of benzene rings is 2. The summed E-state index contributed by atoms with van der Waals surface area (Å²) in [5.74, 6) is -0.299. The molecule has 2 aromatic carbocycles. The van der Waals surface area contributed by atoms with Crippen molar-refractivity contribution in [2.45, 2.75) is 57.5 Å². The highest BCUT2D eigenvalue weighted by molar-refractivity contribution is 5.74. The van der Waals surface area contributed by atoms with E-state index in [0.29, 0.717) is 50.5 Å². The summed E-state index contributed by atoms with van der Waals surface area (Å²) in [5, 5.41) is 12.4. The van der Waals surface area contributed by atoms with Crippen molar-refractivity contribution in [1.82, 2.24) is 15.3 Å². The number of hydrogen-bond donors (Lipinski definition) is 3. The van der Waals surface area contributed by atoms with Gasteiger partial charge in [-0.25, -0.2) is 0 Å². The molecule has 0 bridgehead atoms. The van der Waals surface area contributed by atoms with Gasteiger partial charge in [-0.15, -0.1) is 0 Å². The van der Waals surface area contributed by atoms with E-state index >= 15 is 0 Å². The highest BCUT2D eigenvalue weighted by Crippen LogP contribution is 2.41. The number of aromatic nitrogens is 2. The molecular formula is C30H34F3N5O4. The minimum atomic E-state index is -4.72. The van der Waals surface area contributed by atoms with E-state index in [9.17, 15) is 23.1 Å². The summed E-state index contributed by atoms with van der Waals surface area (Å²) in [5.41, 5.74) is 7.22. The predicted octanol–water partition coefficient (Wildman–Crippen LogP) is 5.23. The molecule has 4 N–H and O–H groups in total. The van der Waals surface area contributed by atoms with Crippen molar-refractivity contribution in [3.63, 3.8) is 0 Å². The fourth-order valence-electron chi connectivity index (χ4n) is 5.65. The Hall–Kier alpha value is -4.06. The van der Waals surface area contributed by atoms with E-state index < -0.39 is 24.3 Å². The number of nitrogen functional groups attached to an aromatic ring is 1. The Kier molecular flexibility index (Phi) is 8.18. The zero-order chi connectivity index (χ0) is 30.1. The van der Waals surface area contributed by atoms with Crippen molar-refractivity contribution in [3.8, 4) is 22.8 Å². The molecule has 2 aliphatic heterocycles. The van der Waals surface area contributed by atoms with Gasteiger partial charge in [0.25, 0.3) is 0 Å². The molecule has 0 radical (unpaired) electrons. The summed E-state index contributed by atoms with van der Waals surface area (Å²) in [6, 6.07) is 14.2. The first-order valence-electron chi connectivity index (χ1n) is 13.9. The fraction of sp³-hybridized carbons (Fsp3) is 0.433. The van der Waals surface area contributed by atoms with Crippen LogP contribution in [-0.4, -0.2) is 59.0 Å². The summed E-state index contributed by atoms with van der Waals surface area (Å²) in [6.45, 7) is 5.55. The zero-order valence-electron chi connectivity index (χ0n) is 23.4. The van der Waals surface area contributed by atoms with Gasteiger partial charge in [0.15, 0.2) is 0 Å². The molecule has 9 nitrogen and oxygen atoms in total. The van der Waals surface area contributed by atoms with Crippen molar-refractivity contribution in [2.24, 2.45) is 5.41 Å². The van der Waals surface area contributed by atoms with Crippen LogP contribution in [0.15, 0.2) is 54.6 Å². The quantitative estimate of drug-likeness (QED) is 0.326. The lowest BCUT2D eigenvalue weighted by molar-refractivity contribution is -0.198. The molecule has 2 saturated heterocycles. The number of carboxylic acid groups (broad SMARTS) is 1. The van der Waals surface area contributed by atoms with Gasteiger partial charge in [0.05, 0.1) is 6.10 Å². The van der Waals surface area contributed by atoms with Crippen LogP contribution in [0.3, 0.4) is 0 Å². The maximum Gasteiger partial charge on any atom is 0.429 e. The van der Waals surface area contributed by atoms with Crippen LogP contribution in [0.4, 0.5) is 24.9 Å². The van der Waals surface area contributed by atoms with Gasteiger partial charge >= 0.3 is 12.1 Å². The summed E-state index contributed by atoms with van der Waals surface area (Å²) < 4.78 is 53.9. The number of nitrogens with zero attached hydrogens (tertiary/aromatic N) is 3. The molecule has 1 aromatic heterocycles. The number of ether oxygens (including phenoxy) is 2.